The number of rotatable bonds is 6. The summed E-state index contributed by atoms with van der Waals surface area (Å²) in [5, 5.41) is 0. The molecule has 0 spiro atoms. The van der Waals surface area contributed by atoms with Crippen LogP contribution in [0, 0.1) is 0 Å². The number of esters is 2. The molecule has 4 atom stereocenters. The molecule has 0 bridgehead atoms. The molecule has 4 unspecified atom stereocenters. The molecule has 188 valence electrons. The van der Waals surface area contributed by atoms with Crippen molar-refractivity contribution in [2.45, 2.75) is 50.6 Å². The molecule has 0 N–H and O–H groups in total. The smallest absolute Gasteiger partial charge is 0.335 e. The van der Waals surface area contributed by atoms with Crippen molar-refractivity contribution in [2.75, 3.05) is 14.2 Å². The van der Waals surface area contributed by atoms with E-state index in [2.05, 4.69) is 0 Å². The number of fused-ring (bicyclic) bond motifs is 2. The minimum atomic E-state index is -0.421. The summed E-state index contributed by atoms with van der Waals surface area (Å²) in [6.07, 6.45) is 2.75. The average molecular weight is 491 g/mol. The molecule has 2 aromatic carbocycles. The van der Waals surface area contributed by atoms with Gasteiger partial charge >= 0.3 is 11.9 Å². The van der Waals surface area contributed by atoms with Gasteiger partial charge < -0.3 is 28.7 Å². The van der Waals surface area contributed by atoms with Gasteiger partial charge in [0.2, 0.25) is 0 Å². The summed E-state index contributed by atoms with van der Waals surface area (Å²) in [5.74, 6) is -0.759. The van der Waals surface area contributed by atoms with Crippen molar-refractivity contribution in [1.82, 2.24) is 9.80 Å². The summed E-state index contributed by atoms with van der Waals surface area (Å²) in [6, 6.07) is 20.0. The molecule has 3 heterocycles. The highest BCUT2D eigenvalue weighted by molar-refractivity contribution is 5.89. The summed E-state index contributed by atoms with van der Waals surface area (Å²) in [7, 11) is 2.76. The number of hydrogen-bond acceptors (Lipinski definition) is 8. The second kappa shape index (κ2) is 10.6. The Morgan fingerprint density at radius 3 is 1.47 bits per heavy atom. The SMILES string of the molecule is COC(=O)C1=CN(Cc2ccccc2)C2OC3CC(C(=O)OC)=CN(Cc4ccccc4)C3OC2C1. The first kappa shape index (κ1) is 24.1. The van der Waals surface area contributed by atoms with Crippen molar-refractivity contribution < 1.29 is 28.5 Å². The van der Waals surface area contributed by atoms with E-state index in [4.69, 9.17) is 18.9 Å². The molecular formula is C28H30N2O6. The molecule has 0 saturated carbocycles. The van der Waals surface area contributed by atoms with Gasteiger partial charge in [-0.05, 0) is 11.1 Å². The van der Waals surface area contributed by atoms with Crippen molar-refractivity contribution in [2.24, 2.45) is 0 Å². The van der Waals surface area contributed by atoms with Crippen molar-refractivity contribution in [1.29, 1.82) is 0 Å². The van der Waals surface area contributed by atoms with Crippen LogP contribution < -0.4 is 0 Å². The van der Waals surface area contributed by atoms with Crippen LogP contribution in [0.5, 0.6) is 0 Å². The maximum absolute atomic E-state index is 12.5. The van der Waals surface area contributed by atoms with Crippen LogP contribution in [-0.4, -0.2) is 60.6 Å². The van der Waals surface area contributed by atoms with Gasteiger partial charge in [-0.15, -0.1) is 0 Å². The first-order chi connectivity index (χ1) is 17.6. The van der Waals surface area contributed by atoms with E-state index in [1.807, 2.05) is 82.9 Å². The topological polar surface area (TPSA) is 77.5 Å². The van der Waals surface area contributed by atoms with E-state index >= 15 is 0 Å². The first-order valence-electron chi connectivity index (χ1n) is 12.0. The molecule has 0 aromatic heterocycles. The predicted octanol–water partition coefficient (Wildman–Crippen LogP) is 3.35. The van der Waals surface area contributed by atoms with E-state index in [1.165, 1.54) is 14.2 Å². The summed E-state index contributed by atoms with van der Waals surface area (Å²) < 4.78 is 23.3. The molecular weight excluding hydrogens is 460 g/mol. The maximum atomic E-state index is 12.5. The molecule has 36 heavy (non-hydrogen) atoms. The summed E-state index contributed by atoms with van der Waals surface area (Å²) in [5.41, 5.74) is 3.23. The fourth-order valence-electron chi connectivity index (χ4n) is 5.03. The largest absolute Gasteiger partial charge is 0.466 e. The molecule has 1 saturated heterocycles. The molecule has 1 fully saturated rings. The van der Waals surface area contributed by atoms with Crippen LogP contribution in [0.2, 0.25) is 0 Å². The van der Waals surface area contributed by atoms with E-state index in [0.29, 0.717) is 37.1 Å². The fourth-order valence-corrected chi connectivity index (χ4v) is 5.03. The van der Waals surface area contributed by atoms with Gasteiger partial charge in [0.25, 0.3) is 0 Å². The van der Waals surface area contributed by atoms with Gasteiger partial charge in [-0.25, -0.2) is 9.59 Å². The van der Waals surface area contributed by atoms with Crippen molar-refractivity contribution in [3.05, 3.63) is 95.3 Å². The van der Waals surface area contributed by atoms with Crippen molar-refractivity contribution >= 4 is 11.9 Å². The Bertz CT molecular complexity index is 1060. The monoisotopic (exact) mass is 490 g/mol. The minimum absolute atomic E-state index is 0.374. The lowest BCUT2D eigenvalue weighted by Crippen LogP contribution is -2.61. The molecule has 2 aromatic rings. The van der Waals surface area contributed by atoms with Crippen LogP contribution in [0.4, 0.5) is 0 Å². The van der Waals surface area contributed by atoms with E-state index in [1.54, 1.807) is 0 Å². The Morgan fingerprint density at radius 1 is 0.722 bits per heavy atom. The zero-order valence-corrected chi connectivity index (χ0v) is 20.4. The highest BCUT2D eigenvalue weighted by atomic mass is 16.6. The van der Waals surface area contributed by atoms with Gasteiger partial charge in [-0.2, -0.15) is 0 Å². The van der Waals surface area contributed by atoms with Crippen LogP contribution in [-0.2, 0) is 41.6 Å². The van der Waals surface area contributed by atoms with E-state index in [0.717, 1.165) is 11.1 Å². The van der Waals surface area contributed by atoms with Crippen molar-refractivity contribution in [3.8, 4) is 0 Å². The van der Waals surface area contributed by atoms with E-state index in [-0.39, 0.29) is 24.1 Å². The molecule has 8 heteroatoms. The molecule has 3 aliphatic heterocycles. The molecule has 0 aliphatic carbocycles. The molecule has 8 nitrogen and oxygen atoms in total. The number of nitrogens with zero attached hydrogens (tertiary/aromatic N) is 2. The average Bonchev–Trinajstić information content (AvgIpc) is 2.92. The molecule has 5 rings (SSSR count). The summed E-state index contributed by atoms with van der Waals surface area (Å²) in [4.78, 5) is 29.0. The zero-order chi connectivity index (χ0) is 25.1. The number of hydrogen-bond donors (Lipinski definition) is 0. The van der Waals surface area contributed by atoms with Gasteiger partial charge in [0.15, 0.2) is 12.5 Å². The third kappa shape index (κ3) is 5.01. The van der Waals surface area contributed by atoms with Gasteiger partial charge in [0, 0.05) is 38.3 Å². The molecule has 3 aliphatic rings. The van der Waals surface area contributed by atoms with Gasteiger partial charge in [0.1, 0.15) is 12.2 Å². The Balaban J connectivity index is 1.45. The van der Waals surface area contributed by atoms with E-state index in [9.17, 15) is 9.59 Å². The third-order valence-corrected chi connectivity index (χ3v) is 6.71. The van der Waals surface area contributed by atoms with Gasteiger partial charge in [-0.1, -0.05) is 60.7 Å². The third-order valence-electron chi connectivity index (χ3n) is 6.71. The number of benzene rings is 2. The van der Waals surface area contributed by atoms with Crippen LogP contribution in [0.3, 0.4) is 0 Å². The highest BCUT2D eigenvalue weighted by Gasteiger charge is 2.48. The maximum Gasteiger partial charge on any atom is 0.335 e. The van der Waals surface area contributed by atoms with E-state index < -0.39 is 12.5 Å². The van der Waals surface area contributed by atoms with Crippen LogP contribution in [0.15, 0.2) is 84.2 Å². The lowest BCUT2D eigenvalue weighted by molar-refractivity contribution is -0.289. The first-order valence-corrected chi connectivity index (χ1v) is 12.0. The Kier molecular flexibility index (Phi) is 7.06. The van der Waals surface area contributed by atoms with Gasteiger partial charge in [-0.3, -0.25) is 0 Å². The Labute approximate surface area is 210 Å². The molecule has 0 radical (unpaired) electrons. The number of methoxy groups -OCH3 is 2. The second-order valence-corrected chi connectivity index (χ2v) is 9.15. The lowest BCUT2D eigenvalue weighted by atomic mass is 9.97. The number of carbonyl (C=O) groups excluding carboxylic acids is 2. The second-order valence-electron chi connectivity index (χ2n) is 9.15. The standard InChI is InChI=1S/C28H30N2O6/c1-33-27(31)21-13-23-25(29(17-21)15-19-9-5-3-6-10-19)36-24-14-22(28(32)34-2)18-30(26(24)35-23)16-20-11-7-4-8-12-20/h3-12,17-18,23-26H,13-16H2,1-2H3. The zero-order valence-electron chi connectivity index (χ0n) is 20.4. The predicted molar refractivity (Wildman–Crippen MR) is 131 cm³/mol. The summed E-state index contributed by atoms with van der Waals surface area (Å²) in [6.45, 7) is 1.08. The molecule has 0 amide bonds. The fraction of sp³-hybridized carbons (Fsp3) is 0.357. The van der Waals surface area contributed by atoms with Crippen LogP contribution in [0.25, 0.3) is 0 Å². The Morgan fingerprint density at radius 2 is 1.11 bits per heavy atom. The highest BCUT2D eigenvalue weighted by Crippen LogP contribution is 2.38. The summed E-state index contributed by atoms with van der Waals surface area (Å²) >= 11 is 0. The quantitative estimate of drug-likeness (QED) is 0.571. The number of ether oxygens (including phenoxy) is 4. The van der Waals surface area contributed by atoms with Crippen LogP contribution >= 0.6 is 0 Å². The van der Waals surface area contributed by atoms with Gasteiger partial charge in [0.05, 0.1) is 25.4 Å². The Hall–Kier alpha value is -3.62. The van der Waals surface area contributed by atoms with Crippen molar-refractivity contribution in [3.63, 3.8) is 0 Å². The van der Waals surface area contributed by atoms with Crippen LogP contribution in [0.1, 0.15) is 24.0 Å². The normalized spacial score (nSPS) is 25.2. The minimum Gasteiger partial charge on any atom is -0.466 e. The lowest BCUT2D eigenvalue weighted by Gasteiger charge is -2.51. The number of carbonyl (C=O) groups is 2.